The van der Waals surface area contributed by atoms with Crippen molar-refractivity contribution in [2.75, 3.05) is 7.05 Å². The lowest BCUT2D eigenvalue weighted by molar-refractivity contribution is 0.494. The lowest BCUT2D eigenvalue weighted by Crippen LogP contribution is -2.30. The molecule has 1 aromatic heterocycles. The predicted octanol–water partition coefficient (Wildman–Crippen LogP) is 1.78. The van der Waals surface area contributed by atoms with Crippen LogP contribution in [-0.2, 0) is 6.42 Å². The van der Waals surface area contributed by atoms with E-state index >= 15 is 0 Å². The van der Waals surface area contributed by atoms with Crippen molar-refractivity contribution in [1.29, 1.82) is 0 Å². The van der Waals surface area contributed by atoms with E-state index in [2.05, 4.69) is 31.2 Å². The van der Waals surface area contributed by atoms with Crippen molar-refractivity contribution in [3.8, 4) is 0 Å². The molecular weight excluding hydrogens is 242 g/mol. The fourth-order valence-corrected chi connectivity index (χ4v) is 2.08. The van der Waals surface area contributed by atoms with E-state index in [0.717, 1.165) is 22.5 Å². The lowest BCUT2D eigenvalue weighted by atomic mass is 10.1. The summed E-state index contributed by atoms with van der Waals surface area (Å²) in [5, 5.41) is 3.36. The predicted molar refractivity (Wildman–Crippen MR) is 59.0 cm³/mol. The second kappa shape index (κ2) is 4.36. The Morgan fingerprint density at radius 1 is 1.64 bits per heavy atom. The zero-order valence-electron chi connectivity index (χ0n) is 8.20. The highest BCUT2D eigenvalue weighted by Gasteiger charge is 2.30. The van der Waals surface area contributed by atoms with Gasteiger partial charge in [-0.15, -0.1) is 0 Å². The van der Waals surface area contributed by atoms with Crippen LogP contribution in [0.4, 0.5) is 0 Å². The molecular formula is C10H14BrN3. The van der Waals surface area contributed by atoms with E-state index in [1.807, 2.05) is 13.2 Å². The van der Waals surface area contributed by atoms with Gasteiger partial charge >= 0.3 is 0 Å². The summed E-state index contributed by atoms with van der Waals surface area (Å²) in [6.07, 6.45) is 7.12. The molecule has 1 aliphatic carbocycles. The van der Waals surface area contributed by atoms with Crippen molar-refractivity contribution in [3.63, 3.8) is 0 Å². The number of hydrogen-bond acceptors (Lipinski definition) is 3. The van der Waals surface area contributed by atoms with Gasteiger partial charge in [-0.05, 0) is 41.7 Å². The average Bonchev–Trinajstić information content (AvgIpc) is 3.00. The van der Waals surface area contributed by atoms with Crippen LogP contribution in [0.2, 0.25) is 0 Å². The van der Waals surface area contributed by atoms with Crippen molar-refractivity contribution < 1.29 is 0 Å². The molecule has 0 spiro atoms. The summed E-state index contributed by atoms with van der Waals surface area (Å²) in [4.78, 5) is 8.24. The van der Waals surface area contributed by atoms with Crippen LogP contribution in [0.25, 0.3) is 0 Å². The largest absolute Gasteiger partial charge is 0.316 e. The summed E-state index contributed by atoms with van der Waals surface area (Å²) in [6.45, 7) is 0. The molecule has 3 nitrogen and oxygen atoms in total. The van der Waals surface area contributed by atoms with Crippen molar-refractivity contribution >= 4 is 15.9 Å². The molecule has 2 rings (SSSR count). The standard InChI is InChI=1S/C10H14BrN3/c1-12-9(7-2-3-7)4-10-8(11)5-13-6-14-10/h5-7,9,12H,2-4H2,1H3. The highest BCUT2D eigenvalue weighted by Crippen LogP contribution is 2.34. The first-order chi connectivity index (χ1) is 6.81. The Labute approximate surface area is 92.5 Å². The lowest BCUT2D eigenvalue weighted by Gasteiger charge is -2.14. The molecule has 0 radical (unpaired) electrons. The SMILES string of the molecule is CNC(Cc1ncncc1Br)C1CC1. The molecule has 1 heterocycles. The monoisotopic (exact) mass is 255 g/mol. The zero-order valence-corrected chi connectivity index (χ0v) is 9.79. The summed E-state index contributed by atoms with van der Waals surface area (Å²) in [5.74, 6) is 0.849. The quantitative estimate of drug-likeness (QED) is 0.892. The Kier molecular flexibility index (Phi) is 3.13. The summed E-state index contributed by atoms with van der Waals surface area (Å²) >= 11 is 3.47. The molecule has 0 bridgehead atoms. The molecule has 14 heavy (non-hydrogen) atoms. The number of likely N-dealkylation sites (N-methyl/N-ethyl adjacent to an activating group) is 1. The van der Waals surface area contributed by atoms with Gasteiger partial charge in [0.15, 0.2) is 0 Å². The molecule has 1 atom stereocenters. The third-order valence-corrected chi connectivity index (χ3v) is 3.38. The van der Waals surface area contributed by atoms with Crippen LogP contribution in [0.1, 0.15) is 18.5 Å². The smallest absolute Gasteiger partial charge is 0.115 e. The van der Waals surface area contributed by atoms with E-state index < -0.39 is 0 Å². The Hall–Kier alpha value is -0.480. The Morgan fingerprint density at radius 2 is 2.43 bits per heavy atom. The molecule has 1 N–H and O–H groups in total. The van der Waals surface area contributed by atoms with E-state index in [0.29, 0.717) is 6.04 Å². The fraction of sp³-hybridized carbons (Fsp3) is 0.600. The maximum Gasteiger partial charge on any atom is 0.115 e. The molecule has 1 saturated carbocycles. The first-order valence-corrected chi connectivity index (χ1v) is 5.72. The minimum Gasteiger partial charge on any atom is -0.316 e. The van der Waals surface area contributed by atoms with Crippen LogP contribution >= 0.6 is 15.9 Å². The van der Waals surface area contributed by atoms with Crippen LogP contribution in [-0.4, -0.2) is 23.1 Å². The third kappa shape index (κ3) is 2.30. The van der Waals surface area contributed by atoms with Gasteiger partial charge in [0.25, 0.3) is 0 Å². The number of nitrogens with zero attached hydrogens (tertiary/aromatic N) is 2. The van der Waals surface area contributed by atoms with Gasteiger partial charge in [-0.2, -0.15) is 0 Å². The Balaban J connectivity index is 2.04. The van der Waals surface area contributed by atoms with Gasteiger partial charge in [-0.25, -0.2) is 9.97 Å². The zero-order chi connectivity index (χ0) is 9.97. The number of hydrogen-bond donors (Lipinski definition) is 1. The van der Waals surface area contributed by atoms with Crippen LogP contribution in [0.3, 0.4) is 0 Å². The van der Waals surface area contributed by atoms with E-state index in [4.69, 9.17) is 0 Å². The molecule has 0 saturated heterocycles. The van der Waals surface area contributed by atoms with Gasteiger partial charge in [0.1, 0.15) is 6.33 Å². The second-order valence-electron chi connectivity index (χ2n) is 3.75. The molecule has 1 fully saturated rings. The number of nitrogens with one attached hydrogen (secondary N) is 1. The first kappa shape index (κ1) is 10.1. The average molecular weight is 256 g/mol. The van der Waals surface area contributed by atoms with E-state index in [9.17, 15) is 0 Å². The van der Waals surface area contributed by atoms with Crippen LogP contribution in [0, 0.1) is 5.92 Å². The summed E-state index contributed by atoms with van der Waals surface area (Å²) in [5.41, 5.74) is 1.10. The van der Waals surface area contributed by atoms with Crippen molar-refractivity contribution in [3.05, 3.63) is 22.7 Å². The van der Waals surface area contributed by atoms with E-state index in [1.165, 1.54) is 12.8 Å². The van der Waals surface area contributed by atoms with Crippen LogP contribution in [0.15, 0.2) is 17.0 Å². The van der Waals surface area contributed by atoms with Gasteiger partial charge in [0, 0.05) is 18.7 Å². The van der Waals surface area contributed by atoms with Crippen LogP contribution < -0.4 is 5.32 Å². The molecule has 1 unspecified atom stereocenters. The Morgan fingerprint density at radius 3 is 3.00 bits per heavy atom. The minimum absolute atomic E-state index is 0.571. The van der Waals surface area contributed by atoms with Gasteiger partial charge in [0.2, 0.25) is 0 Å². The molecule has 0 aliphatic heterocycles. The number of aromatic nitrogens is 2. The summed E-state index contributed by atoms with van der Waals surface area (Å²) < 4.78 is 1.01. The van der Waals surface area contributed by atoms with Gasteiger partial charge in [-0.1, -0.05) is 0 Å². The number of halogens is 1. The molecule has 1 aromatic rings. The fourth-order valence-electron chi connectivity index (χ4n) is 1.70. The maximum atomic E-state index is 4.28. The van der Waals surface area contributed by atoms with Gasteiger partial charge in [-0.3, -0.25) is 0 Å². The molecule has 0 aromatic carbocycles. The normalized spacial score (nSPS) is 18.1. The molecule has 1 aliphatic rings. The molecule has 4 heteroatoms. The van der Waals surface area contributed by atoms with Gasteiger partial charge < -0.3 is 5.32 Å². The van der Waals surface area contributed by atoms with E-state index in [-0.39, 0.29) is 0 Å². The highest BCUT2D eigenvalue weighted by atomic mass is 79.9. The van der Waals surface area contributed by atoms with Crippen molar-refractivity contribution in [2.45, 2.75) is 25.3 Å². The summed E-state index contributed by atoms with van der Waals surface area (Å²) in [6, 6.07) is 0.571. The summed E-state index contributed by atoms with van der Waals surface area (Å²) in [7, 11) is 2.03. The second-order valence-corrected chi connectivity index (χ2v) is 4.61. The third-order valence-electron chi connectivity index (χ3n) is 2.72. The topological polar surface area (TPSA) is 37.8 Å². The Bertz CT molecular complexity index is 312. The maximum absolute atomic E-state index is 4.28. The van der Waals surface area contributed by atoms with Crippen molar-refractivity contribution in [1.82, 2.24) is 15.3 Å². The first-order valence-electron chi connectivity index (χ1n) is 4.93. The molecule has 76 valence electrons. The van der Waals surface area contributed by atoms with Crippen LogP contribution in [0.5, 0.6) is 0 Å². The molecule has 0 amide bonds. The van der Waals surface area contributed by atoms with E-state index in [1.54, 1.807) is 6.33 Å². The van der Waals surface area contributed by atoms with Gasteiger partial charge in [0.05, 0.1) is 10.2 Å². The highest BCUT2D eigenvalue weighted by molar-refractivity contribution is 9.10. The van der Waals surface area contributed by atoms with Crippen molar-refractivity contribution in [2.24, 2.45) is 5.92 Å². The minimum atomic E-state index is 0.571. The number of rotatable bonds is 4.